The third-order valence-corrected chi connectivity index (χ3v) is 2.88. The van der Waals surface area contributed by atoms with Crippen LogP contribution in [0.4, 0.5) is 0 Å². The van der Waals surface area contributed by atoms with E-state index in [1.165, 1.54) is 31.2 Å². The van der Waals surface area contributed by atoms with Gasteiger partial charge >= 0.3 is 0 Å². The molecule has 1 unspecified atom stereocenters. The van der Waals surface area contributed by atoms with Crippen LogP contribution in [0.2, 0.25) is 0 Å². The fraction of sp³-hybridized carbons (Fsp3) is 0.467. The van der Waals surface area contributed by atoms with Crippen LogP contribution in [-0.4, -0.2) is 0 Å². The zero-order valence-electron chi connectivity index (χ0n) is 9.58. The zero-order valence-corrected chi connectivity index (χ0v) is 9.58. The van der Waals surface area contributed by atoms with Gasteiger partial charge in [0.05, 0.1) is 0 Å². The first-order valence-electron chi connectivity index (χ1n) is 5.84. The van der Waals surface area contributed by atoms with Crippen molar-refractivity contribution in [1.82, 2.24) is 0 Å². The average Bonchev–Trinajstić information content (AvgIpc) is 2.29. The molecule has 0 aliphatic rings. The van der Waals surface area contributed by atoms with E-state index in [4.69, 9.17) is 6.42 Å². The first-order chi connectivity index (χ1) is 7.36. The second-order valence-electron chi connectivity index (χ2n) is 4.06. The van der Waals surface area contributed by atoms with Crippen LogP contribution in [-0.2, 0) is 6.42 Å². The second-order valence-corrected chi connectivity index (χ2v) is 4.06. The van der Waals surface area contributed by atoms with Crippen LogP contribution in [0.1, 0.15) is 38.2 Å². The molecule has 0 saturated carbocycles. The van der Waals surface area contributed by atoms with Crippen molar-refractivity contribution >= 4 is 0 Å². The zero-order chi connectivity index (χ0) is 10.9. The first-order valence-corrected chi connectivity index (χ1v) is 5.84. The summed E-state index contributed by atoms with van der Waals surface area (Å²) in [5.41, 5.74) is 1.45. The number of hydrogen-bond donors (Lipinski definition) is 0. The highest BCUT2D eigenvalue weighted by atomic mass is 14.1. The van der Waals surface area contributed by atoms with Crippen LogP contribution in [0.15, 0.2) is 30.3 Å². The predicted molar refractivity (Wildman–Crippen MR) is 66.6 cm³/mol. The molecule has 0 spiro atoms. The van der Waals surface area contributed by atoms with Crippen LogP contribution >= 0.6 is 0 Å². The molecule has 0 nitrogen and oxygen atoms in total. The highest BCUT2D eigenvalue weighted by Gasteiger charge is 2.06. The van der Waals surface area contributed by atoms with Gasteiger partial charge in [-0.3, -0.25) is 0 Å². The van der Waals surface area contributed by atoms with E-state index in [9.17, 15) is 0 Å². The van der Waals surface area contributed by atoms with Gasteiger partial charge in [-0.25, -0.2) is 0 Å². The lowest BCUT2D eigenvalue weighted by molar-refractivity contribution is 0.455. The molecule has 15 heavy (non-hydrogen) atoms. The summed E-state index contributed by atoms with van der Waals surface area (Å²) in [5.74, 6) is 3.50. The molecule has 0 aliphatic heterocycles. The average molecular weight is 200 g/mol. The molecule has 0 amide bonds. The Morgan fingerprint density at radius 2 is 2.00 bits per heavy atom. The van der Waals surface area contributed by atoms with E-state index < -0.39 is 0 Å². The summed E-state index contributed by atoms with van der Waals surface area (Å²) < 4.78 is 0. The van der Waals surface area contributed by atoms with Crippen LogP contribution in [0.3, 0.4) is 0 Å². The Balaban J connectivity index is 2.37. The van der Waals surface area contributed by atoms with Gasteiger partial charge in [-0.15, -0.1) is 12.3 Å². The lowest BCUT2D eigenvalue weighted by Gasteiger charge is -2.13. The highest BCUT2D eigenvalue weighted by Crippen LogP contribution is 2.18. The minimum absolute atomic E-state index is 0.792. The predicted octanol–water partition coefficient (Wildman–Crippen LogP) is 4.06. The summed E-state index contributed by atoms with van der Waals surface area (Å²) >= 11 is 0. The van der Waals surface area contributed by atoms with Gasteiger partial charge in [0.25, 0.3) is 0 Å². The molecule has 0 radical (unpaired) electrons. The Kier molecular flexibility index (Phi) is 5.63. The summed E-state index contributed by atoms with van der Waals surface area (Å²) in [7, 11) is 0. The Morgan fingerprint density at radius 1 is 1.27 bits per heavy atom. The molecule has 0 bridgehead atoms. The van der Waals surface area contributed by atoms with Crippen molar-refractivity contribution in [3.63, 3.8) is 0 Å². The van der Waals surface area contributed by atoms with Crippen LogP contribution in [0.25, 0.3) is 0 Å². The third-order valence-electron chi connectivity index (χ3n) is 2.88. The van der Waals surface area contributed by atoms with E-state index in [0.717, 1.165) is 12.3 Å². The van der Waals surface area contributed by atoms with Gasteiger partial charge in [0.1, 0.15) is 0 Å². The topological polar surface area (TPSA) is 0 Å². The molecule has 1 rings (SSSR count). The van der Waals surface area contributed by atoms with Crippen molar-refractivity contribution in [1.29, 1.82) is 0 Å². The molecule has 1 aromatic carbocycles. The SMILES string of the molecule is C#CCCCC(CC)Cc1ccccc1. The van der Waals surface area contributed by atoms with Gasteiger partial charge in [0, 0.05) is 6.42 Å². The smallest absolute Gasteiger partial charge is 0.00861 e. The van der Waals surface area contributed by atoms with Gasteiger partial charge in [-0.2, -0.15) is 0 Å². The van der Waals surface area contributed by atoms with E-state index in [1.807, 2.05) is 0 Å². The second kappa shape index (κ2) is 7.12. The molecule has 0 aromatic heterocycles. The summed E-state index contributed by atoms with van der Waals surface area (Å²) in [5, 5.41) is 0. The molecule has 0 heterocycles. The van der Waals surface area contributed by atoms with Gasteiger partial charge in [0.2, 0.25) is 0 Å². The molecule has 1 atom stereocenters. The molecule has 1 aromatic rings. The number of hydrogen-bond acceptors (Lipinski definition) is 0. The van der Waals surface area contributed by atoms with Crippen LogP contribution < -0.4 is 0 Å². The molecular formula is C15H20. The van der Waals surface area contributed by atoms with E-state index >= 15 is 0 Å². The van der Waals surface area contributed by atoms with Crippen LogP contribution in [0, 0.1) is 18.3 Å². The number of terminal acetylenes is 1. The number of rotatable bonds is 6. The maximum absolute atomic E-state index is 5.26. The Morgan fingerprint density at radius 3 is 2.60 bits per heavy atom. The maximum atomic E-state index is 5.26. The standard InChI is InChI=1S/C15H20/c1-3-5-7-10-14(4-2)13-15-11-8-6-9-12-15/h1,6,8-9,11-12,14H,4-5,7,10,13H2,2H3. The van der Waals surface area contributed by atoms with Crippen molar-refractivity contribution in [3.05, 3.63) is 35.9 Å². The minimum atomic E-state index is 0.792. The quantitative estimate of drug-likeness (QED) is 0.480. The summed E-state index contributed by atoms with van der Waals surface area (Å²) in [4.78, 5) is 0. The summed E-state index contributed by atoms with van der Waals surface area (Å²) in [6, 6.07) is 10.7. The monoisotopic (exact) mass is 200 g/mol. The third kappa shape index (κ3) is 4.70. The van der Waals surface area contributed by atoms with Crippen molar-refractivity contribution in [2.24, 2.45) is 5.92 Å². The van der Waals surface area contributed by atoms with Crippen molar-refractivity contribution in [2.75, 3.05) is 0 Å². The van der Waals surface area contributed by atoms with Crippen molar-refractivity contribution < 1.29 is 0 Å². The van der Waals surface area contributed by atoms with E-state index in [-0.39, 0.29) is 0 Å². The lowest BCUT2D eigenvalue weighted by Crippen LogP contribution is -2.03. The summed E-state index contributed by atoms with van der Waals surface area (Å²) in [6.07, 6.45) is 11.1. The van der Waals surface area contributed by atoms with Gasteiger partial charge < -0.3 is 0 Å². The number of unbranched alkanes of at least 4 members (excludes halogenated alkanes) is 1. The van der Waals surface area contributed by atoms with E-state index in [2.05, 4.69) is 43.2 Å². The van der Waals surface area contributed by atoms with Crippen molar-refractivity contribution in [2.45, 2.75) is 39.0 Å². The largest absolute Gasteiger partial charge is 0.120 e. The number of benzene rings is 1. The van der Waals surface area contributed by atoms with Crippen molar-refractivity contribution in [3.8, 4) is 12.3 Å². The molecule has 0 heteroatoms. The molecule has 0 N–H and O–H groups in total. The fourth-order valence-electron chi connectivity index (χ4n) is 1.89. The molecule has 0 aliphatic carbocycles. The summed E-state index contributed by atoms with van der Waals surface area (Å²) in [6.45, 7) is 2.27. The molecule has 0 fully saturated rings. The maximum Gasteiger partial charge on any atom is 0.00861 e. The molecule has 0 saturated heterocycles. The van der Waals surface area contributed by atoms with Crippen LogP contribution in [0.5, 0.6) is 0 Å². The lowest BCUT2D eigenvalue weighted by atomic mass is 9.92. The fourth-order valence-corrected chi connectivity index (χ4v) is 1.89. The minimum Gasteiger partial charge on any atom is -0.120 e. The van der Waals surface area contributed by atoms with E-state index in [1.54, 1.807) is 0 Å². The normalized spacial score (nSPS) is 12.0. The van der Waals surface area contributed by atoms with Gasteiger partial charge in [0.15, 0.2) is 0 Å². The Bertz CT molecular complexity index is 292. The van der Waals surface area contributed by atoms with Gasteiger partial charge in [-0.05, 0) is 30.7 Å². The highest BCUT2D eigenvalue weighted by molar-refractivity contribution is 5.15. The first kappa shape index (κ1) is 11.9. The van der Waals surface area contributed by atoms with Gasteiger partial charge in [-0.1, -0.05) is 43.7 Å². The Labute approximate surface area is 93.7 Å². The van der Waals surface area contributed by atoms with E-state index in [0.29, 0.717) is 0 Å². The molecule has 80 valence electrons. The molecular weight excluding hydrogens is 180 g/mol. The Hall–Kier alpha value is -1.22.